The molecule has 1 saturated heterocycles. The summed E-state index contributed by atoms with van der Waals surface area (Å²) >= 11 is 0. The highest BCUT2D eigenvalue weighted by atomic mass is 19.3. The first-order valence-electron chi connectivity index (χ1n) is 12.4. The number of nitrogens with two attached hydrogens (primary N) is 1. The summed E-state index contributed by atoms with van der Waals surface area (Å²) in [4.78, 5) is 30.4. The van der Waals surface area contributed by atoms with E-state index in [1.165, 1.54) is 30.3 Å². The molecule has 3 N–H and O–H groups in total. The summed E-state index contributed by atoms with van der Waals surface area (Å²) < 4.78 is 47.0. The van der Waals surface area contributed by atoms with Crippen LogP contribution in [-0.4, -0.2) is 44.1 Å². The molecule has 0 amide bonds. The van der Waals surface area contributed by atoms with Gasteiger partial charge in [0.15, 0.2) is 0 Å². The first kappa shape index (κ1) is 26.9. The zero-order valence-electron chi connectivity index (χ0n) is 21.4. The van der Waals surface area contributed by atoms with Crippen LogP contribution in [0, 0.1) is 18.7 Å². The van der Waals surface area contributed by atoms with Crippen LogP contribution in [0.1, 0.15) is 29.9 Å². The van der Waals surface area contributed by atoms with E-state index in [0.717, 1.165) is 0 Å². The highest BCUT2D eigenvalue weighted by molar-refractivity contribution is 5.85. The fourth-order valence-corrected chi connectivity index (χ4v) is 4.62. The number of ether oxygens (including phenoxy) is 1. The van der Waals surface area contributed by atoms with Gasteiger partial charge in [0, 0.05) is 24.3 Å². The third-order valence-corrected chi connectivity index (χ3v) is 6.51. The number of aryl methyl sites for hydroxylation is 1. The third kappa shape index (κ3) is 5.80. The van der Waals surface area contributed by atoms with E-state index in [-0.39, 0.29) is 29.7 Å². The van der Waals surface area contributed by atoms with Crippen LogP contribution in [0.15, 0.2) is 54.6 Å². The zero-order valence-corrected chi connectivity index (χ0v) is 21.4. The lowest BCUT2D eigenvalue weighted by molar-refractivity contribution is -0.140. The van der Waals surface area contributed by atoms with Crippen LogP contribution >= 0.6 is 0 Å². The summed E-state index contributed by atoms with van der Waals surface area (Å²) in [7, 11) is 0. The molecule has 0 aliphatic carbocycles. The molecule has 1 atom stereocenters. The minimum absolute atomic E-state index is 0.0250. The Balaban J connectivity index is 1.53. The molecule has 4 heterocycles. The summed E-state index contributed by atoms with van der Waals surface area (Å²) in [6.45, 7) is 2.46. The highest BCUT2D eigenvalue weighted by Gasteiger charge is 2.29. The van der Waals surface area contributed by atoms with Gasteiger partial charge in [-0.1, -0.05) is 6.07 Å². The molecule has 4 aromatic rings. The van der Waals surface area contributed by atoms with Crippen molar-refractivity contribution in [1.82, 2.24) is 19.9 Å². The number of aliphatic carboxylic acids is 1. The van der Waals surface area contributed by atoms with Gasteiger partial charge in [-0.15, -0.1) is 0 Å². The number of nitrogen functional groups attached to an aromatic ring is 1. The maximum absolute atomic E-state index is 13.7. The average molecular weight is 551 g/mol. The van der Waals surface area contributed by atoms with Crippen LogP contribution in [0.5, 0.6) is 5.88 Å². The molecule has 12 heteroatoms. The second-order valence-electron chi connectivity index (χ2n) is 9.39. The van der Waals surface area contributed by atoms with Crippen LogP contribution in [0.4, 0.5) is 24.9 Å². The molecule has 9 nitrogen and oxygen atoms in total. The third-order valence-electron chi connectivity index (χ3n) is 6.51. The molecule has 40 heavy (non-hydrogen) atoms. The number of hydrogen-bond donors (Lipinski definition) is 2. The highest BCUT2D eigenvalue weighted by Crippen LogP contribution is 2.39. The van der Waals surface area contributed by atoms with Gasteiger partial charge in [0.2, 0.25) is 11.8 Å². The van der Waals surface area contributed by atoms with E-state index >= 15 is 0 Å². The lowest BCUT2D eigenvalue weighted by Gasteiger charge is -2.18. The molecule has 206 valence electrons. The van der Waals surface area contributed by atoms with E-state index in [0.29, 0.717) is 47.8 Å². The number of alkyl halides is 2. The molecule has 1 aliphatic heterocycles. The lowest BCUT2D eigenvalue weighted by atomic mass is 9.99. The van der Waals surface area contributed by atoms with Crippen molar-refractivity contribution < 1.29 is 27.8 Å². The number of carboxylic acids is 1. The number of halogens is 3. The minimum atomic E-state index is -2.81. The molecular weight excluding hydrogens is 525 g/mol. The number of rotatable bonds is 8. The number of carbonyl (C=O) groups is 1. The monoisotopic (exact) mass is 550 g/mol. The summed E-state index contributed by atoms with van der Waals surface area (Å²) in [5, 5.41) is 9.31. The molecule has 0 bridgehead atoms. The lowest BCUT2D eigenvalue weighted by Crippen LogP contribution is -2.23. The molecule has 0 radical (unpaired) electrons. The predicted octanol–water partition coefficient (Wildman–Crippen LogP) is 5.06. The number of aromatic nitrogens is 4. The van der Waals surface area contributed by atoms with Crippen LogP contribution in [-0.2, 0) is 11.4 Å². The Hall–Kier alpha value is -4.74. The standard InChI is InChI=1S/C28H25F3N6O3/c1-15-11-18(12-21(33-15)25(30)31)23-24(16-5-7-19(29)8-6-16)35-28(32)36-26(23)40-14-20-3-2-4-22(34-20)37-10-9-17(13-37)27(38)39/h2-8,11-12,17,25H,9-10,13-14H2,1H3,(H,38,39)(H2,32,35,36)/t17-/m1/s1. The van der Waals surface area contributed by atoms with Crippen molar-refractivity contribution in [3.05, 3.63) is 77.5 Å². The second kappa shape index (κ2) is 11.2. The van der Waals surface area contributed by atoms with Crippen molar-refractivity contribution >= 4 is 17.7 Å². The van der Waals surface area contributed by atoms with Gasteiger partial charge in [0.05, 0.1) is 22.9 Å². The molecule has 5 rings (SSSR count). The van der Waals surface area contributed by atoms with Gasteiger partial charge in [-0.25, -0.2) is 23.1 Å². The summed E-state index contributed by atoms with van der Waals surface area (Å²) in [6.07, 6.45) is -2.29. The number of anilines is 2. The summed E-state index contributed by atoms with van der Waals surface area (Å²) in [5.74, 6) is -1.24. The van der Waals surface area contributed by atoms with Crippen LogP contribution < -0.4 is 15.4 Å². The van der Waals surface area contributed by atoms with Gasteiger partial charge in [-0.3, -0.25) is 9.78 Å². The van der Waals surface area contributed by atoms with Crippen LogP contribution in [0.3, 0.4) is 0 Å². The largest absolute Gasteiger partial charge is 0.481 e. The Morgan fingerprint density at radius 3 is 2.58 bits per heavy atom. The molecule has 0 saturated carbocycles. The van der Waals surface area contributed by atoms with Gasteiger partial charge >= 0.3 is 5.97 Å². The smallest absolute Gasteiger partial charge is 0.308 e. The molecular formula is C28H25F3N6O3. The van der Waals surface area contributed by atoms with E-state index in [1.54, 1.807) is 31.2 Å². The van der Waals surface area contributed by atoms with Gasteiger partial charge in [-0.05, 0) is 67.4 Å². The molecule has 1 aromatic carbocycles. The van der Waals surface area contributed by atoms with E-state index in [9.17, 15) is 23.1 Å². The van der Waals surface area contributed by atoms with E-state index < -0.39 is 29.8 Å². The van der Waals surface area contributed by atoms with E-state index in [2.05, 4.69) is 19.9 Å². The number of carboxylic acid groups (broad SMARTS) is 1. The number of hydrogen-bond acceptors (Lipinski definition) is 8. The average Bonchev–Trinajstić information content (AvgIpc) is 3.43. The molecule has 1 aliphatic rings. The zero-order chi connectivity index (χ0) is 28.4. The molecule has 1 fully saturated rings. The quantitative estimate of drug-likeness (QED) is 0.310. The van der Waals surface area contributed by atoms with Crippen molar-refractivity contribution in [1.29, 1.82) is 0 Å². The second-order valence-corrected chi connectivity index (χ2v) is 9.39. The number of pyridine rings is 2. The van der Waals surface area contributed by atoms with Crippen LogP contribution in [0.25, 0.3) is 22.4 Å². The fraction of sp³-hybridized carbons (Fsp3) is 0.250. The van der Waals surface area contributed by atoms with Crippen LogP contribution in [0.2, 0.25) is 0 Å². The van der Waals surface area contributed by atoms with E-state index in [1.807, 2.05) is 4.90 Å². The predicted molar refractivity (Wildman–Crippen MR) is 141 cm³/mol. The maximum Gasteiger partial charge on any atom is 0.308 e. The van der Waals surface area contributed by atoms with Gasteiger partial charge < -0.3 is 20.5 Å². The van der Waals surface area contributed by atoms with E-state index in [4.69, 9.17) is 10.5 Å². The van der Waals surface area contributed by atoms with Crippen molar-refractivity contribution in [2.45, 2.75) is 26.4 Å². The summed E-state index contributed by atoms with van der Waals surface area (Å²) in [6, 6.07) is 13.7. The van der Waals surface area contributed by atoms with Gasteiger partial charge in [-0.2, -0.15) is 4.98 Å². The van der Waals surface area contributed by atoms with Crippen molar-refractivity contribution in [2.75, 3.05) is 23.7 Å². The number of benzene rings is 1. The maximum atomic E-state index is 13.7. The SMILES string of the molecule is Cc1cc(-c2c(OCc3cccc(N4CC[C@@H](C(=O)O)C4)n3)nc(N)nc2-c2ccc(F)cc2)cc(C(F)F)n1. The van der Waals surface area contributed by atoms with Crippen molar-refractivity contribution in [3.63, 3.8) is 0 Å². The topological polar surface area (TPSA) is 127 Å². The Bertz CT molecular complexity index is 1550. The van der Waals surface area contributed by atoms with Crippen molar-refractivity contribution in [2.24, 2.45) is 5.92 Å². The Morgan fingerprint density at radius 2 is 1.88 bits per heavy atom. The first-order chi connectivity index (χ1) is 19.2. The Labute approximate surface area is 227 Å². The number of nitrogens with zero attached hydrogens (tertiary/aromatic N) is 5. The Kier molecular flexibility index (Phi) is 7.50. The normalized spacial score (nSPS) is 15.0. The fourth-order valence-electron chi connectivity index (χ4n) is 4.62. The molecule has 0 spiro atoms. The molecule has 3 aromatic heterocycles. The first-order valence-corrected chi connectivity index (χ1v) is 12.4. The summed E-state index contributed by atoms with van der Waals surface area (Å²) in [5.41, 5.74) is 7.83. The van der Waals surface area contributed by atoms with Gasteiger partial charge in [0.25, 0.3) is 6.43 Å². The van der Waals surface area contributed by atoms with Crippen molar-refractivity contribution in [3.8, 4) is 28.3 Å². The minimum Gasteiger partial charge on any atom is -0.481 e. The van der Waals surface area contributed by atoms with Gasteiger partial charge in [0.1, 0.15) is 23.9 Å². The molecule has 0 unspecified atom stereocenters. The Morgan fingerprint density at radius 1 is 1.10 bits per heavy atom.